The van der Waals surface area contributed by atoms with Gasteiger partial charge in [-0.05, 0) is 32.0 Å². The molecule has 0 aliphatic rings. The first-order chi connectivity index (χ1) is 8.29. The Bertz CT molecular complexity index is 704. The number of rotatable bonds is 2. The van der Waals surface area contributed by atoms with E-state index < -0.39 is 9.84 Å². The highest BCUT2D eigenvalue weighted by Gasteiger charge is 2.12. The normalized spacial score (nSPS) is 11.7. The van der Waals surface area contributed by atoms with Crippen LogP contribution >= 0.6 is 0 Å². The maximum atomic E-state index is 11.4. The highest BCUT2D eigenvalue weighted by atomic mass is 32.2. The molecule has 0 spiro atoms. The standard InChI is InChI=1S/C11H14N4O2S/c1-7-13-8(2)15(14-7)11-5-4-9(6-10(11)12)18(3,16)17/h4-6H,12H2,1-3H3. The lowest BCUT2D eigenvalue weighted by atomic mass is 10.2. The molecule has 0 radical (unpaired) electrons. The summed E-state index contributed by atoms with van der Waals surface area (Å²) in [5.41, 5.74) is 6.85. The maximum Gasteiger partial charge on any atom is 0.175 e. The van der Waals surface area contributed by atoms with Gasteiger partial charge in [-0.1, -0.05) is 0 Å². The average Bonchev–Trinajstić information content (AvgIpc) is 2.56. The van der Waals surface area contributed by atoms with Gasteiger partial charge in [0.1, 0.15) is 11.6 Å². The number of nitrogens with two attached hydrogens (primary N) is 1. The first-order valence-electron chi connectivity index (χ1n) is 5.29. The van der Waals surface area contributed by atoms with E-state index in [0.29, 0.717) is 23.0 Å². The van der Waals surface area contributed by atoms with E-state index in [1.54, 1.807) is 17.7 Å². The van der Waals surface area contributed by atoms with Crippen LogP contribution in [0.4, 0.5) is 5.69 Å². The van der Waals surface area contributed by atoms with E-state index in [1.165, 1.54) is 12.1 Å². The summed E-state index contributed by atoms with van der Waals surface area (Å²) in [6.07, 6.45) is 1.15. The molecule has 18 heavy (non-hydrogen) atoms. The van der Waals surface area contributed by atoms with Gasteiger partial charge in [-0.15, -0.1) is 0 Å². The van der Waals surface area contributed by atoms with Gasteiger partial charge in [0.2, 0.25) is 0 Å². The molecule has 0 fully saturated rings. The predicted octanol–water partition coefficient (Wildman–Crippen LogP) is 0.870. The molecule has 7 heteroatoms. The minimum absolute atomic E-state index is 0.193. The Morgan fingerprint density at radius 1 is 1.28 bits per heavy atom. The molecule has 0 unspecified atom stereocenters. The second kappa shape index (κ2) is 4.09. The highest BCUT2D eigenvalue weighted by molar-refractivity contribution is 7.90. The molecule has 0 amide bonds. The largest absolute Gasteiger partial charge is 0.397 e. The molecule has 6 nitrogen and oxygen atoms in total. The van der Waals surface area contributed by atoms with Crippen molar-refractivity contribution in [3.8, 4) is 5.69 Å². The predicted molar refractivity (Wildman–Crippen MR) is 68.4 cm³/mol. The van der Waals surface area contributed by atoms with Crippen LogP contribution in [0.25, 0.3) is 5.69 Å². The van der Waals surface area contributed by atoms with E-state index in [9.17, 15) is 8.42 Å². The Morgan fingerprint density at radius 3 is 2.39 bits per heavy atom. The minimum Gasteiger partial charge on any atom is -0.397 e. The number of hydrogen-bond donors (Lipinski definition) is 1. The summed E-state index contributed by atoms with van der Waals surface area (Å²) in [4.78, 5) is 4.37. The Labute approximate surface area is 105 Å². The van der Waals surface area contributed by atoms with Crippen LogP contribution in [0.5, 0.6) is 0 Å². The van der Waals surface area contributed by atoms with Gasteiger partial charge >= 0.3 is 0 Å². The Balaban J connectivity index is 2.58. The fraction of sp³-hybridized carbons (Fsp3) is 0.273. The van der Waals surface area contributed by atoms with Gasteiger partial charge in [0.25, 0.3) is 0 Å². The van der Waals surface area contributed by atoms with Gasteiger partial charge in [0.05, 0.1) is 16.3 Å². The summed E-state index contributed by atoms with van der Waals surface area (Å²) in [7, 11) is -3.25. The molecule has 0 saturated heterocycles. The van der Waals surface area contributed by atoms with Crippen molar-refractivity contribution in [1.82, 2.24) is 14.8 Å². The summed E-state index contributed by atoms with van der Waals surface area (Å²) in [6.45, 7) is 3.59. The van der Waals surface area contributed by atoms with Crippen LogP contribution < -0.4 is 5.73 Å². The van der Waals surface area contributed by atoms with Gasteiger partial charge in [0.15, 0.2) is 9.84 Å². The number of anilines is 1. The van der Waals surface area contributed by atoms with Crippen molar-refractivity contribution < 1.29 is 8.42 Å². The highest BCUT2D eigenvalue weighted by Crippen LogP contribution is 2.22. The van der Waals surface area contributed by atoms with E-state index in [1.807, 2.05) is 6.92 Å². The fourth-order valence-corrected chi connectivity index (χ4v) is 2.36. The SMILES string of the molecule is Cc1nc(C)n(-c2ccc(S(C)(=O)=O)cc2N)n1. The lowest BCUT2D eigenvalue weighted by Gasteiger charge is -2.08. The Morgan fingerprint density at radius 2 is 1.94 bits per heavy atom. The molecular formula is C11H14N4O2S. The molecule has 1 heterocycles. The Hall–Kier alpha value is -1.89. The molecule has 0 aliphatic heterocycles. The first kappa shape index (κ1) is 12.6. The third-order valence-electron chi connectivity index (χ3n) is 2.53. The van der Waals surface area contributed by atoms with Gasteiger partial charge in [-0.2, -0.15) is 5.10 Å². The number of hydrogen-bond acceptors (Lipinski definition) is 5. The Kier molecular flexibility index (Phi) is 2.86. The van der Waals surface area contributed by atoms with E-state index in [0.717, 1.165) is 6.26 Å². The first-order valence-corrected chi connectivity index (χ1v) is 7.18. The number of benzene rings is 1. The molecule has 0 aliphatic carbocycles. The summed E-state index contributed by atoms with van der Waals surface area (Å²) >= 11 is 0. The zero-order chi connectivity index (χ0) is 13.5. The molecule has 2 N–H and O–H groups in total. The van der Waals surface area contributed by atoms with Crippen molar-refractivity contribution in [2.45, 2.75) is 18.7 Å². The number of nitrogens with zero attached hydrogens (tertiary/aromatic N) is 3. The molecule has 2 rings (SSSR count). The number of aryl methyl sites for hydroxylation is 2. The monoisotopic (exact) mass is 266 g/mol. The van der Waals surface area contributed by atoms with Crippen LogP contribution in [0.3, 0.4) is 0 Å². The van der Waals surface area contributed by atoms with E-state index in [2.05, 4.69) is 10.1 Å². The summed E-state index contributed by atoms with van der Waals surface area (Å²) in [5, 5.41) is 4.21. The molecule has 1 aromatic heterocycles. The van der Waals surface area contributed by atoms with Gasteiger partial charge in [-0.3, -0.25) is 0 Å². The molecule has 0 bridgehead atoms. The van der Waals surface area contributed by atoms with Crippen molar-refractivity contribution in [3.05, 3.63) is 29.8 Å². The summed E-state index contributed by atoms with van der Waals surface area (Å²) in [5.74, 6) is 1.34. The third kappa shape index (κ3) is 2.21. The average molecular weight is 266 g/mol. The van der Waals surface area contributed by atoms with E-state index in [-0.39, 0.29) is 4.90 Å². The van der Waals surface area contributed by atoms with Crippen LogP contribution in [0, 0.1) is 13.8 Å². The molecule has 1 aromatic carbocycles. The van der Waals surface area contributed by atoms with Crippen LogP contribution in [0.2, 0.25) is 0 Å². The number of nitrogen functional groups attached to an aromatic ring is 1. The lowest BCUT2D eigenvalue weighted by molar-refractivity contribution is 0.602. The van der Waals surface area contributed by atoms with Crippen LogP contribution in [-0.4, -0.2) is 29.4 Å². The van der Waals surface area contributed by atoms with Crippen LogP contribution in [-0.2, 0) is 9.84 Å². The lowest BCUT2D eigenvalue weighted by Crippen LogP contribution is -2.06. The topological polar surface area (TPSA) is 90.9 Å². The fourth-order valence-electron chi connectivity index (χ4n) is 1.71. The van der Waals surface area contributed by atoms with Gasteiger partial charge in [-0.25, -0.2) is 18.1 Å². The second-order valence-corrected chi connectivity index (χ2v) is 6.13. The zero-order valence-corrected chi connectivity index (χ0v) is 11.2. The van der Waals surface area contributed by atoms with Crippen molar-refractivity contribution in [2.75, 3.05) is 12.0 Å². The molecule has 0 atom stereocenters. The van der Waals surface area contributed by atoms with Gasteiger partial charge in [0, 0.05) is 6.26 Å². The van der Waals surface area contributed by atoms with Crippen LogP contribution in [0.1, 0.15) is 11.6 Å². The smallest absolute Gasteiger partial charge is 0.175 e. The summed E-state index contributed by atoms with van der Waals surface area (Å²) < 4.78 is 24.4. The minimum atomic E-state index is -3.25. The van der Waals surface area contributed by atoms with E-state index in [4.69, 9.17) is 5.73 Å². The second-order valence-electron chi connectivity index (χ2n) is 4.11. The quantitative estimate of drug-likeness (QED) is 0.814. The van der Waals surface area contributed by atoms with Crippen molar-refractivity contribution >= 4 is 15.5 Å². The summed E-state index contributed by atoms with van der Waals surface area (Å²) in [6, 6.07) is 4.57. The zero-order valence-electron chi connectivity index (χ0n) is 10.4. The van der Waals surface area contributed by atoms with Gasteiger partial charge < -0.3 is 5.73 Å². The maximum absolute atomic E-state index is 11.4. The third-order valence-corrected chi connectivity index (χ3v) is 3.64. The molecule has 0 saturated carbocycles. The molecule has 2 aromatic rings. The molecule has 96 valence electrons. The van der Waals surface area contributed by atoms with Crippen LogP contribution in [0.15, 0.2) is 23.1 Å². The van der Waals surface area contributed by atoms with Crippen molar-refractivity contribution in [3.63, 3.8) is 0 Å². The molecular weight excluding hydrogens is 252 g/mol. The number of aromatic nitrogens is 3. The van der Waals surface area contributed by atoms with Crippen molar-refractivity contribution in [2.24, 2.45) is 0 Å². The number of sulfone groups is 1. The van der Waals surface area contributed by atoms with Crippen molar-refractivity contribution in [1.29, 1.82) is 0 Å². The van der Waals surface area contributed by atoms with E-state index >= 15 is 0 Å².